The number of hydrogen-bond donors (Lipinski definition) is 1. The van der Waals surface area contributed by atoms with Crippen LogP contribution in [0, 0.1) is 11.3 Å². The Bertz CT molecular complexity index is 1080. The maximum atomic E-state index is 12.3. The fraction of sp³-hybridized carbons (Fsp3) is 0.150. The summed E-state index contributed by atoms with van der Waals surface area (Å²) in [5.41, 5.74) is 4.86. The van der Waals surface area contributed by atoms with Crippen molar-refractivity contribution in [1.82, 2.24) is 9.99 Å². The minimum Gasteiger partial charge on any atom is -0.454 e. The van der Waals surface area contributed by atoms with Crippen LogP contribution in [0.5, 0.6) is 11.5 Å². The quantitative estimate of drug-likeness (QED) is 0.559. The number of aromatic nitrogens is 1. The topological polar surface area (TPSA) is 88.6 Å². The molecule has 3 aromatic rings. The van der Waals surface area contributed by atoms with Crippen LogP contribution < -0.4 is 14.9 Å². The molecule has 0 bridgehead atoms. The molecule has 1 aromatic heterocycles. The maximum absolute atomic E-state index is 12.3. The van der Waals surface area contributed by atoms with Crippen LogP contribution in [0.2, 0.25) is 0 Å². The first-order chi connectivity index (χ1) is 13.3. The van der Waals surface area contributed by atoms with Gasteiger partial charge < -0.3 is 14.0 Å². The number of nitrogens with zero attached hydrogens (tertiary/aromatic N) is 3. The van der Waals surface area contributed by atoms with E-state index in [4.69, 9.17) is 14.7 Å². The SMILES string of the molecule is N#CCCn1cc(/C=N\NC(=O)c2ccc3c(c2)OCO3)c2ccccc21. The van der Waals surface area contributed by atoms with Crippen LogP contribution in [0.25, 0.3) is 10.9 Å². The van der Waals surface area contributed by atoms with E-state index in [1.807, 2.05) is 35.0 Å². The second-order valence-electron chi connectivity index (χ2n) is 5.97. The van der Waals surface area contributed by atoms with Gasteiger partial charge in [-0.1, -0.05) is 18.2 Å². The number of carbonyl (C=O) groups excluding carboxylic acids is 1. The molecule has 0 fully saturated rings. The lowest BCUT2D eigenvalue weighted by Crippen LogP contribution is -2.17. The molecule has 1 aliphatic heterocycles. The van der Waals surface area contributed by atoms with Crippen LogP contribution in [-0.2, 0) is 6.54 Å². The van der Waals surface area contributed by atoms with Crippen molar-refractivity contribution in [2.45, 2.75) is 13.0 Å². The van der Waals surface area contributed by atoms with Crippen LogP contribution in [0.15, 0.2) is 53.8 Å². The number of fused-ring (bicyclic) bond motifs is 2. The Kier molecular flexibility index (Phi) is 4.45. The van der Waals surface area contributed by atoms with E-state index < -0.39 is 0 Å². The van der Waals surface area contributed by atoms with Gasteiger partial charge in [-0.2, -0.15) is 10.4 Å². The summed E-state index contributed by atoms with van der Waals surface area (Å²) in [5.74, 6) is 0.838. The molecule has 0 atom stereocenters. The zero-order valence-corrected chi connectivity index (χ0v) is 14.4. The third-order valence-corrected chi connectivity index (χ3v) is 4.29. The van der Waals surface area contributed by atoms with E-state index >= 15 is 0 Å². The van der Waals surface area contributed by atoms with Crippen molar-refractivity contribution in [2.24, 2.45) is 5.10 Å². The first-order valence-corrected chi connectivity index (χ1v) is 8.44. The molecule has 7 nitrogen and oxygen atoms in total. The summed E-state index contributed by atoms with van der Waals surface area (Å²) in [6.07, 6.45) is 3.96. The van der Waals surface area contributed by atoms with E-state index in [1.54, 1.807) is 24.4 Å². The Labute approximate surface area is 155 Å². The first-order valence-electron chi connectivity index (χ1n) is 8.44. The molecule has 0 saturated heterocycles. The van der Waals surface area contributed by atoms with Crippen LogP contribution in [0.1, 0.15) is 22.3 Å². The molecule has 27 heavy (non-hydrogen) atoms. The zero-order valence-electron chi connectivity index (χ0n) is 14.4. The van der Waals surface area contributed by atoms with E-state index in [0.29, 0.717) is 30.0 Å². The number of nitrogens with one attached hydrogen (secondary N) is 1. The fourth-order valence-corrected chi connectivity index (χ4v) is 3.00. The minimum atomic E-state index is -0.335. The van der Waals surface area contributed by atoms with Gasteiger partial charge in [-0.3, -0.25) is 4.79 Å². The van der Waals surface area contributed by atoms with Gasteiger partial charge in [0.1, 0.15) is 0 Å². The number of hydrazone groups is 1. The van der Waals surface area contributed by atoms with Gasteiger partial charge in [0, 0.05) is 34.8 Å². The van der Waals surface area contributed by atoms with Gasteiger partial charge in [0.25, 0.3) is 5.91 Å². The summed E-state index contributed by atoms with van der Waals surface area (Å²) < 4.78 is 12.5. The summed E-state index contributed by atoms with van der Waals surface area (Å²) in [4.78, 5) is 12.3. The number of ether oxygens (including phenoxy) is 2. The van der Waals surface area contributed by atoms with Gasteiger partial charge >= 0.3 is 0 Å². The number of amides is 1. The Morgan fingerprint density at radius 1 is 1.26 bits per heavy atom. The van der Waals surface area contributed by atoms with Gasteiger partial charge in [-0.15, -0.1) is 0 Å². The van der Waals surface area contributed by atoms with Crippen LogP contribution in [0.4, 0.5) is 0 Å². The highest BCUT2D eigenvalue weighted by molar-refractivity contribution is 6.00. The fourth-order valence-electron chi connectivity index (χ4n) is 3.00. The maximum Gasteiger partial charge on any atom is 0.271 e. The minimum absolute atomic E-state index is 0.161. The second-order valence-corrected chi connectivity index (χ2v) is 5.97. The number of aryl methyl sites for hydroxylation is 1. The predicted molar refractivity (Wildman–Crippen MR) is 99.8 cm³/mol. The van der Waals surface area contributed by atoms with E-state index in [0.717, 1.165) is 16.5 Å². The number of carbonyl (C=O) groups is 1. The molecule has 1 amide bonds. The number of benzene rings is 2. The van der Waals surface area contributed by atoms with Gasteiger partial charge in [0.05, 0.1) is 18.7 Å². The monoisotopic (exact) mass is 360 g/mol. The first kappa shape index (κ1) is 16.7. The molecule has 1 aliphatic rings. The molecule has 0 aliphatic carbocycles. The lowest BCUT2D eigenvalue weighted by atomic mass is 10.2. The lowest BCUT2D eigenvalue weighted by molar-refractivity contribution is 0.0954. The molecule has 2 aromatic carbocycles. The Morgan fingerprint density at radius 3 is 3.00 bits per heavy atom. The molecule has 1 N–H and O–H groups in total. The van der Waals surface area contributed by atoms with E-state index in [9.17, 15) is 4.79 Å². The number of para-hydroxylation sites is 1. The number of nitriles is 1. The molecule has 2 heterocycles. The molecule has 0 saturated carbocycles. The molecular weight excluding hydrogens is 344 g/mol. The van der Waals surface area contributed by atoms with Crippen molar-refractivity contribution < 1.29 is 14.3 Å². The Balaban J connectivity index is 1.51. The Hall–Kier alpha value is -3.79. The van der Waals surface area contributed by atoms with Gasteiger partial charge in [0.2, 0.25) is 6.79 Å². The molecule has 0 spiro atoms. The molecular formula is C20H16N4O3. The highest BCUT2D eigenvalue weighted by Gasteiger charge is 2.16. The van der Waals surface area contributed by atoms with E-state index in [-0.39, 0.29) is 12.7 Å². The Morgan fingerprint density at radius 2 is 2.11 bits per heavy atom. The normalized spacial score (nSPS) is 12.4. The number of rotatable bonds is 5. The van der Waals surface area contributed by atoms with Crippen molar-refractivity contribution in [3.05, 3.63) is 59.8 Å². The molecule has 134 valence electrons. The average molecular weight is 360 g/mol. The van der Waals surface area contributed by atoms with Gasteiger partial charge in [-0.25, -0.2) is 5.43 Å². The highest BCUT2D eigenvalue weighted by atomic mass is 16.7. The van der Waals surface area contributed by atoms with Crippen molar-refractivity contribution >= 4 is 23.0 Å². The predicted octanol–water partition coefficient (Wildman–Crippen LogP) is 3.05. The highest BCUT2D eigenvalue weighted by Crippen LogP contribution is 2.32. The van der Waals surface area contributed by atoms with Crippen molar-refractivity contribution in [1.29, 1.82) is 5.26 Å². The van der Waals surface area contributed by atoms with Crippen molar-refractivity contribution in [3.8, 4) is 17.6 Å². The second kappa shape index (κ2) is 7.22. The summed E-state index contributed by atoms with van der Waals surface area (Å²) in [6.45, 7) is 0.767. The molecule has 0 unspecified atom stereocenters. The summed E-state index contributed by atoms with van der Waals surface area (Å²) >= 11 is 0. The summed E-state index contributed by atoms with van der Waals surface area (Å²) in [7, 11) is 0. The zero-order chi connectivity index (χ0) is 18.6. The molecule has 7 heteroatoms. The van der Waals surface area contributed by atoms with Gasteiger partial charge in [0.15, 0.2) is 11.5 Å². The third kappa shape index (κ3) is 3.33. The van der Waals surface area contributed by atoms with E-state index in [2.05, 4.69) is 16.6 Å². The smallest absolute Gasteiger partial charge is 0.271 e. The van der Waals surface area contributed by atoms with E-state index in [1.165, 1.54) is 0 Å². The van der Waals surface area contributed by atoms with Crippen molar-refractivity contribution in [2.75, 3.05) is 6.79 Å². The third-order valence-electron chi connectivity index (χ3n) is 4.29. The molecule has 4 rings (SSSR count). The standard InChI is InChI=1S/C20H16N4O3/c21-8-3-9-24-12-15(16-4-1-2-5-17(16)24)11-22-23-20(25)14-6-7-18-19(10-14)27-13-26-18/h1-2,4-7,10-12H,3,9,13H2,(H,23,25)/b22-11-. The average Bonchev–Trinajstić information content (AvgIpc) is 3.30. The largest absolute Gasteiger partial charge is 0.454 e. The van der Waals surface area contributed by atoms with Crippen LogP contribution in [0.3, 0.4) is 0 Å². The number of hydrogen-bond acceptors (Lipinski definition) is 5. The molecule has 0 radical (unpaired) electrons. The lowest BCUT2D eigenvalue weighted by Gasteiger charge is -2.01. The summed E-state index contributed by atoms with van der Waals surface area (Å²) in [5, 5.41) is 13.9. The van der Waals surface area contributed by atoms with Gasteiger partial charge in [-0.05, 0) is 24.3 Å². The van der Waals surface area contributed by atoms with Crippen molar-refractivity contribution in [3.63, 3.8) is 0 Å². The van der Waals surface area contributed by atoms with Crippen LogP contribution >= 0.6 is 0 Å². The summed E-state index contributed by atoms with van der Waals surface area (Å²) in [6, 6.07) is 15.0. The van der Waals surface area contributed by atoms with Crippen LogP contribution in [-0.4, -0.2) is 23.5 Å².